The van der Waals surface area contributed by atoms with E-state index in [1.165, 1.54) is 24.3 Å². The van der Waals surface area contributed by atoms with Gasteiger partial charge in [-0.2, -0.15) is 0 Å². The van der Waals surface area contributed by atoms with Gasteiger partial charge in [-0.3, -0.25) is 9.59 Å². The highest BCUT2D eigenvalue weighted by Crippen LogP contribution is 2.25. The second kappa shape index (κ2) is 8.83. The average molecular weight is 375 g/mol. The fourth-order valence-corrected chi connectivity index (χ4v) is 4.15. The Kier molecular flexibility index (Phi) is 6.47. The summed E-state index contributed by atoms with van der Waals surface area (Å²) in [5.41, 5.74) is 0.480. The molecule has 2 unspecified atom stereocenters. The molecule has 27 heavy (non-hydrogen) atoms. The summed E-state index contributed by atoms with van der Waals surface area (Å²) in [5.74, 6) is 0.144. The molecule has 0 bridgehead atoms. The first-order valence-corrected chi connectivity index (χ1v) is 10.00. The Bertz CT molecular complexity index is 664. The van der Waals surface area contributed by atoms with E-state index in [1.807, 2.05) is 4.90 Å². The molecule has 3 rings (SSSR count). The molecule has 5 nitrogen and oxygen atoms in total. The van der Waals surface area contributed by atoms with Gasteiger partial charge in [-0.15, -0.1) is 0 Å². The van der Waals surface area contributed by atoms with Crippen LogP contribution in [0, 0.1) is 17.7 Å². The zero-order valence-corrected chi connectivity index (χ0v) is 16.4. The van der Waals surface area contributed by atoms with E-state index in [9.17, 15) is 14.0 Å². The molecular formula is C21H30FN3O2. The zero-order chi connectivity index (χ0) is 19.4. The van der Waals surface area contributed by atoms with Gasteiger partial charge in [-0.1, -0.05) is 6.92 Å². The van der Waals surface area contributed by atoms with Gasteiger partial charge in [0.15, 0.2) is 0 Å². The van der Waals surface area contributed by atoms with Crippen molar-refractivity contribution in [3.05, 3.63) is 35.6 Å². The third-order valence-corrected chi connectivity index (χ3v) is 5.86. The minimum atomic E-state index is -0.351. The largest absolute Gasteiger partial charge is 0.342 e. The molecule has 2 saturated heterocycles. The predicted molar refractivity (Wildman–Crippen MR) is 103 cm³/mol. The Morgan fingerprint density at radius 1 is 1.11 bits per heavy atom. The van der Waals surface area contributed by atoms with Crippen LogP contribution >= 0.6 is 0 Å². The van der Waals surface area contributed by atoms with Crippen LogP contribution in [0.4, 0.5) is 4.39 Å². The van der Waals surface area contributed by atoms with Crippen LogP contribution in [0.5, 0.6) is 0 Å². The van der Waals surface area contributed by atoms with E-state index in [4.69, 9.17) is 0 Å². The minimum Gasteiger partial charge on any atom is -0.342 e. The molecular weight excluding hydrogens is 345 g/mol. The van der Waals surface area contributed by atoms with Crippen molar-refractivity contribution in [1.82, 2.24) is 14.7 Å². The molecule has 0 radical (unpaired) electrons. The van der Waals surface area contributed by atoms with Crippen LogP contribution in [0.15, 0.2) is 24.3 Å². The molecule has 0 N–H and O–H groups in total. The molecule has 0 spiro atoms. The van der Waals surface area contributed by atoms with Crippen LogP contribution in [0.25, 0.3) is 0 Å². The number of hydrogen-bond acceptors (Lipinski definition) is 3. The SMILES string of the molecule is CCN(C)CC1CCN(C(=O)C2CCCN(C(=O)c3ccc(F)cc3)C2)C1. The molecule has 0 aromatic heterocycles. The Morgan fingerprint density at radius 3 is 2.56 bits per heavy atom. The van der Waals surface area contributed by atoms with Crippen molar-refractivity contribution in [1.29, 1.82) is 0 Å². The second-order valence-electron chi connectivity index (χ2n) is 7.89. The van der Waals surface area contributed by atoms with Gasteiger partial charge in [0, 0.05) is 38.3 Å². The third-order valence-electron chi connectivity index (χ3n) is 5.86. The molecule has 148 valence electrons. The van der Waals surface area contributed by atoms with Crippen LogP contribution < -0.4 is 0 Å². The van der Waals surface area contributed by atoms with Gasteiger partial charge in [-0.25, -0.2) is 4.39 Å². The molecule has 1 aromatic rings. The molecule has 2 amide bonds. The number of hydrogen-bond donors (Lipinski definition) is 0. The fourth-order valence-electron chi connectivity index (χ4n) is 4.15. The van der Waals surface area contributed by atoms with Crippen molar-refractivity contribution in [3.8, 4) is 0 Å². The molecule has 1 aromatic carbocycles. The summed E-state index contributed by atoms with van der Waals surface area (Å²) in [6.45, 7) is 6.96. The summed E-state index contributed by atoms with van der Waals surface area (Å²) in [6, 6.07) is 5.63. The molecule has 2 aliphatic rings. The lowest BCUT2D eigenvalue weighted by molar-refractivity contribution is -0.136. The van der Waals surface area contributed by atoms with E-state index < -0.39 is 0 Å². The lowest BCUT2D eigenvalue weighted by atomic mass is 9.96. The highest BCUT2D eigenvalue weighted by molar-refractivity contribution is 5.94. The zero-order valence-electron chi connectivity index (χ0n) is 16.4. The normalized spacial score (nSPS) is 23.1. The van der Waals surface area contributed by atoms with E-state index >= 15 is 0 Å². The van der Waals surface area contributed by atoms with Crippen LogP contribution in [0.1, 0.15) is 36.5 Å². The van der Waals surface area contributed by atoms with Crippen LogP contribution in [0.2, 0.25) is 0 Å². The first kappa shape index (κ1) is 19.8. The Labute approximate surface area is 161 Å². The fraction of sp³-hybridized carbons (Fsp3) is 0.619. The molecule has 6 heteroatoms. The maximum absolute atomic E-state index is 13.1. The predicted octanol–water partition coefficient (Wildman–Crippen LogP) is 2.48. The average Bonchev–Trinajstić information content (AvgIpc) is 3.15. The molecule has 2 aliphatic heterocycles. The van der Waals surface area contributed by atoms with E-state index in [0.29, 0.717) is 24.6 Å². The van der Waals surface area contributed by atoms with Crippen molar-refractivity contribution in [3.63, 3.8) is 0 Å². The maximum atomic E-state index is 13.1. The number of rotatable bonds is 5. The summed E-state index contributed by atoms with van der Waals surface area (Å²) >= 11 is 0. The molecule has 2 heterocycles. The lowest BCUT2D eigenvalue weighted by Gasteiger charge is -2.34. The van der Waals surface area contributed by atoms with Crippen molar-refractivity contribution in [2.24, 2.45) is 11.8 Å². The number of carbonyl (C=O) groups is 2. The van der Waals surface area contributed by atoms with Crippen LogP contribution in [0.3, 0.4) is 0 Å². The van der Waals surface area contributed by atoms with Gasteiger partial charge in [-0.05, 0) is 63.0 Å². The Hall–Kier alpha value is -1.95. The van der Waals surface area contributed by atoms with Crippen LogP contribution in [-0.2, 0) is 4.79 Å². The molecule has 2 fully saturated rings. The number of piperidine rings is 1. The highest BCUT2D eigenvalue weighted by atomic mass is 19.1. The van der Waals surface area contributed by atoms with Gasteiger partial charge < -0.3 is 14.7 Å². The summed E-state index contributed by atoms with van der Waals surface area (Å²) in [7, 11) is 2.12. The number of likely N-dealkylation sites (tertiary alicyclic amines) is 2. The Balaban J connectivity index is 1.57. The van der Waals surface area contributed by atoms with Crippen molar-refractivity contribution in [2.45, 2.75) is 26.2 Å². The summed E-state index contributed by atoms with van der Waals surface area (Å²) < 4.78 is 13.1. The van der Waals surface area contributed by atoms with E-state index in [1.54, 1.807) is 4.90 Å². The van der Waals surface area contributed by atoms with Crippen molar-refractivity contribution >= 4 is 11.8 Å². The lowest BCUT2D eigenvalue weighted by Crippen LogP contribution is -2.46. The van der Waals surface area contributed by atoms with Gasteiger partial charge in [0.05, 0.1) is 5.92 Å². The number of halogens is 1. The maximum Gasteiger partial charge on any atom is 0.253 e. The van der Waals surface area contributed by atoms with Crippen molar-refractivity contribution < 1.29 is 14.0 Å². The van der Waals surface area contributed by atoms with Crippen LogP contribution in [-0.4, -0.2) is 72.8 Å². The number of carbonyl (C=O) groups excluding carboxylic acids is 2. The third kappa shape index (κ3) is 4.86. The summed E-state index contributed by atoms with van der Waals surface area (Å²) in [6.07, 6.45) is 2.72. The van der Waals surface area contributed by atoms with E-state index in [0.717, 1.165) is 45.4 Å². The topological polar surface area (TPSA) is 43.9 Å². The minimum absolute atomic E-state index is 0.114. The second-order valence-corrected chi connectivity index (χ2v) is 7.89. The number of benzene rings is 1. The van der Waals surface area contributed by atoms with Gasteiger partial charge >= 0.3 is 0 Å². The van der Waals surface area contributed by atoms with Crippen molar-refractivity contribution in [2.75, 3.05) is 46.3 Å². The molecule has 0 aliphatic carbocycles. The molecule has 2 atom stereocenters. The number of nitrogens with zero attached hydrogens (tertiary/aromatic N) is 3. The van der Waals surface area contributed by atoms with Gasteiger partial charge in [0.2, 0.25) is 5.91 Å². The van der Waals surface area contributed by atoms with E-state index in [-0.39, 0.29) is 23.5 Å². The van der Waals surface area contributed by atoms with Gasteiger partial charge in [0.25, 0.3) is 5.91 Å². The molecule has 0 saturated carbocycles. The monoisotopic (exact) mass is 375 g/mol. The highest BCUT2D eigenvalue weighted by Gasteiger charge is 2.34. The summed E-state index contributed by atoms with van der Waals surface area (Å²) in [4.78, 5) is 31.7. The Morgan fingerprint density at radius 2 is 1.85 bits per heavy atom. The first-order chi connectivity index (χ1) is 13.0. The van der Waals surface area contributed by atoms with E-state index in [2.05, 4.69) is 18.9 Å². The number of amides is 2. The quantitative estimate of drug-likeness (QED) is 0.794. The standard InChI is InChI=1S/C21H30FN3O2/c1-3-23(2)13-16-10-12-25(14-16)21(27)18-5-4-11-24(15-18)20(26)17-6-8-19(22)9-7-17/h6-9,16,18H,3-5,10-15H2,1-2H3. The smallest absolute Gasteiger partial charge is 0.253 e. The van der Waals surface area contributed by atoms with Gasteiger partial charge in [0.1, 0.15) is 5.82 Å². The summed E-state index contributed by atoms with van der Waals surface area (Å²) in [5, 5.41) is 0. The first-order valence-electron chi connectivity index (χ1n) is 10.00.